The molecule has 1 aliphatic heterocycles. The highest BCUT2D eigenvalue weighted by Crippen LogP contribution is 2.23. The molecule has 0 saturated carbocycles. The molecule has 0 radical (unpaired) electrons. The molecule has 1 heterocycles. The van der Waals surface area contributed by atoms with Crippen LogP contribution in [0, 0.1) is 0 Å². The van der Waals surface area contributed by atoms with Gasteiger partial charge in [-0.3, -0.25) is 4.79 Å². The van der Waals surface area contributed by atoms with Gasteiger partial charge in [0.15, 0.2) is 6.29 Å². The molecular weight excluding hydrogens is 815 g/mol. The summed E-state index contributed by atoms with van der Waals surface area (Å²) >= 11 is 0. The summed E-state index contributed by atoms with van der Waals surface area (Å²) in [5, 5.41) is 54.3. The number of hydrogen-bond acceptors (Lipinski definition) is 8. The maximum atomic E-state index is 13.0. The fourth-order valence-corrected chi connectivity index (χ4v) is 8.50. The molecule has 0 aromatic carbocycles. The van der Waals surface area contributed by atoms with E-state index in [9.17, 15) is 30.3 Å². The monoisotopic (exact) mass is 918 g/mol. The van der Waals surface area contributed by atoms with Crippen molar-refractivity contribution in [2.45, 2.75) is 288 Å². The summed E-state index contributed by atoms with van der Waals surface area (Å²) < 4.78 is 11.2. The van der Waals surface area contributed by atoms with Crippen LogP contribution in [0.3, 0.4) is 0 Å². The largest absolute Gasteiger partial charge is 0.394 e. The number of carbonyl (C=O) groups excluding carboxylic acids is 1. The predicted octanol–water partition coefficient (Wildman–Crippen LogP) is 13.0. The maximum Gasteiger partial charge on any atom is 0.220 e. The zero-order valence-electron chi connectivity index (χ0n) is 42.0. The second-order valence-corrected chi connectivity index (χ2v) is 19.0. The molecule has 65 heavy (non-hydrogen) atoms. The van der Waals surface area contributed by atoms with E-state index in [1.807, 2.05) is 6.08 Å². The van der Waals surface area contributed by atoms with Gasteiger partial charge in [0.25, 0.3) is 0 Å². The van der Waals surface area contributed by atoms with Gasteiger partial charge in [-0.25, -0.2) is 0 Å². The molecule has 9 nitrogen and oxygen atoms in total. The summed E-state index contributed by atoms with van der Waals surface area (Å²) in [5.74, 6) is -0.186. The average Bonchev–Trinajstić information content (AvgIpc) is 3.31. The minimum absolute atomic E-state index is 0.186. The fourth-order valence-electron chi connectivity index (χ4n) is 8.50. The number of aliphatic hydroxyl groups excluding tert-OH is 5. The zero-order chi connectivity index (χ0) is 47.3. The molecule has 6 N–H and O–H groups in total. The standard InChI is InChI=1S/C56H103NO8/c1-3-5-7-9-11-13-15-17-18-19-20-21-22-23-24-25-26-27-28-29-30-31-32-34-36-38-40-42-44-46-52(60)57-49(48-64-56-55(63)54(62)53(61)51(47-58)65-56)50(59)45-43-41-39-37-35-33-16-14-12-10-8-6-4-2/h15,17,19-20,35,37,43,45,49-51,53-56,58-59,61-63H,3-14,16,18,21-34,36,38-42,44,46-48H2,1-2H3,(H,57,60)/b17-15-,20-19-,37-35+,45-43+. The van der Waals surface area contributed by atoms with E-state index in [0.29, 0.717) is 6.42 Å². The van der Waals surface area contributed by atoms with E-state index in [1.165, 1.54) is 180 Å². The Morgan fingerprint density at radius 3 is 1.38 bits per heavy atom. The van der Waals surface area contributed by atoms with Gasteiger partial charge in [0.2, 0.25) is 5.91 Å². The first-order chi connectivity index (χ1) is 31.8. The molecule has 1 fully saturated rings. The van der Waals surface area contributed by atoms with Gasteiger partial charge in [0, 0.05) is 6.42 Å². The third-order valence-electron chi connectivity index (χ3n) is 12.9. The smallest absolute Gasteiger partial charge is 0.220 e. The van der Waals surface area contributed by atoms with Crippen LogP contribution in [0.5, 0.6) is 0 Å². The van der Waals surface area contributed by atoms with Gasteiger partial charge in [-0.15, -0.1) is 0 Å². The van der Waals surface area contributed by atoms with Gasteiger partial charge in [-0.2, -0.15) is 0 Å². The lowest BCUT2D eigenvalue weighted by molar-refractivity contribution is -0.302. The molecule has 0 aromatic rings. The second-order valence-electron chi connectivity index (χ2n) is 19.0. The SMILES string of the molecule is CCCCCCC/C=C\C/C=C\CCCCCCCCCCCCCCCCCCCC(=O)NC(COC1OC(CO)C(O)C(O)C1O)C(O)/C=C/CC/C=C/CCCCCCCCC. The van der Waals surface area contributed by atoms with Crippen LogP contribution in [0.15, 0.2) is 48.6 Å². The van der Waals surface area contributed by atoms with Crippen molar-refractivity contribution in [1.29, 1.82) is 0 Å². The third kappa shape index (κ3) is 35.9. The van der Waals surface area contributed by atoms with Crippen LogP contribution in [0.2, 0.25) is 0 Å². The number of nitrogens with one attached hydrogen (secondary N) is 1. The first-order valence-electron chi connectivity index (χ1n) is 27.4. The van der Waals surface area contributed by atoms with Crippen LogP contribution in [0.4, 0.5) is 0 Å². The Bertz CT molecular complexity index is 1160. The topological polar surface area (TPSA) is 149 Å². The van der Waals surface area contributed by atoms with Gasteiger partial charge in [0.1, 0.15) is 24.4 Å². The van der Waals surface area contributed by atoms with Crippen LogP contribution in [-0.2, 0) is 14.3 Å². The van der Waals surface area contributed by atoms with E-state index in [1.54, 1.807) is 6.08 Å². The average molecular weight is 918 g/mol. The van der Waals surface area contributed by atoms with Crippen LogP contribution < -0.4 is 5.32 Å². The quantitative estimate of drug-likeness (QED) is 0.0261. The van der Waals surface area contributed by atoms with E-state index in [4.69, 9.17) is 9.47 Å². The van der Waals surface area contributed by atoms with Crippen LogP contribution in [-0.4, -0.2) is 87.5 Å². The highest BCUT2D eigenvalue weighted by molar-refractivity contribution is 5.76. The molecule has 7 atom stereocenters. The minimum atomic E-state index is -1.57. The molecule has 9 heteroatoms. The van der Waals surface area contributed by atoms with Crippen LogP contribution >= 0.6 is 0 Å². The number of aliphatic hydroxyl groups is 5. The maximum absolute atomic E-state index is 13.0. The molecule has 1 saturated heterocycles. The Balaban J connectivity index is 2.18. The van der Waals surface area contributed by atoms with Crippen molar-refractivity contribution in [1.82, 2.24) is 5.32 Å². The molecular formula is C56H103NO8. The fraction of sp³-hybridized carbons (Fsp3) is 0.839. The molecule has 0 aromatic heterocycles. The van der Waals surface area contributed by atoms with Gasteiger partial charge < -0.3 is 40.3 Å². The molecule has 0 aliphatic carbocycles. The summed E-state index contributed by atoms with van der Waals surface area (Å²) in [4.78, 5) is 13.0. The Labute approximate surface area is 399 Å². The predicted molar refractivity (Wildman–Crippen MR) is 272 cm³/mol. The van der Waals surface area contributed by atoms with Crippen molar-refractivity contribution in [3.8, 4) is 0 Å². The van der Waals surface area contributed by atoms with Crippen molar-refractivity contribution in [2.24, 2.45) is 0 Å². The Kier molecular flexibility index (Phi) is 43.2. The minimum Gasteiger partial charge on any atom is -0.394 e. The van der Waals surface area contributed by atoms with E-state index < -0.39 is 49.5 Å². The number of ether oxygens (including phenoxy) is 2. The van der Waals surface area contributed by atoms with E-state index in [2.05, 4.69) is 55.6 Å². The van der Waals surface area contributed by atoms with Gasteiger partial charge in [-0.05, 0) is 64.2 Å². The van der Waals surface area contributed by atoms with Gasteiger partial charge in [0.05, 0.1) is 25.4 Å². The molecule has 7 unspecified atom stereocenters. The third-order valence-corrected chi connectivity index (χ3v) is 12.9. The highest BCUT2D eigenvalue weighted by atomic mass is 16.7. The van der Waals surface area contributed by atoms with E-state index in [-0.39, 0.29) is 12.5 Å². The molecule has 380 valence electrons. The van der Waals surface area contributed by atoms with Crippen LogP contribution in [0.1, 0.15) is 245 Å². The first kappa shape index (κ1) is 61.2. The second kappa shape index (κ2) is 45.9. The van der Waals surface area contributed by atoms with Gasteiger partial charge in [-0.1, -0.05) is 223 Å². The molecule has 1 amide bonds. The number of unbranched alkanes of at least 4 members (excludes halogenated alkanes) is 30. The van der Waals surface area contributed by atoms with Crippen molar-refractivity contribution in [3.05, 3.63) is 48.6 Å². The normalized spacial score (nSPS) is 20.3. The summed E-state index contributed by atoms with van der Waals surface area (Å²) in [6.07, 6.45) is 53.2. The summed E-state index contributed by atoms with van der Waals surface area (Å²) in [6, 6.07) is -0.820. The van der Waals surface area contributed by atoms with Crippen molar-refractivity contribution < 1.29 is 39.8 Å². The molecule has 0 bridgehead atoms. The molecule has 0 spiro atoms. The highest BCUT2D eigenvalue weighted by Gasteiger charge is 2.44. The van der Waals surface area contributed by atoms with E-state index >= 15 is 0 Å². The zero-order valence-corrected chi connectivity index (χ0v) is 42.0. The molecule has 1 rings (SSSR count). The summed E-state index contributed by atoms with van der Waals surface area (Å²) in [7, 11) is 0. The number of carbonyl (C=O) groups is 1. The Morgan fingerprint density at radius 1 is 0.523 bits per heavy atom. The van der Waals surface area contributed by atoms with Crippen molar-refractivity contribution in [2.75, 3.05) is 13.2 Å². The number of hydrogen-bond donors (Lipinski definition) is 6. The van der Waals surface area contributed by atoms with E-state index in [0.717, 1.165) is 44.9 Å². The van der Waals surface area contributed by atoms with Crippen LogP contribution in [0.25, 0.3) is 0 Å². The lowest BCUT2D eigenvalue weighted by atomic mass is 9.99. The summed E-state index contributed by atoms with van der Waals surface area (Å²) in [6.45, 7) is 3.75. The number of allylic oxidation sites excluding steroid dienone is 7. The Hall–Kier alpha value is -1.85. The molecule has 1 aliphatic rings. The number of rotatable bonds is 46. The lowest BCUT2D eigenvalue weighted by Crippen LogP contribution is -2.60. The van der Waals surface area contributed by atoms with Gasteiger partial charge >= 0.3 is 0 Å². The first-order valence-corrected chi connectivity index (χ1v) is 27.4. The number of amides is 1. The Morgan fingerprint density at radius 2 is 0.923 bits per heavy atom. The lowest BCUT2D eigenvalue weighted by Gasteiger charge is -2.40. The van der Waals surface area contributed by atoms with Crippen molar-refractivity contribution >= 4 is 5.91 Å². The summed E-state index contributed by atoms with van der Waals surface area (Å²) in [5.41, 5.74) is 0. The van der Waals surface area contributed by atoms with Crippen molar-refractivity contribution in [3.63, 3.8) is 0 Å².